The molecule has 0 fully saturated rings. The molecular weight excluding hydrogens is 712 g/mol. The zero-order chi connectivity index (χ0) is 30.0. The van der Waals surface area contributed by atoms with E-state index in [1.807, 2.05) is 22.6 Å². The van der Waals surface area contributed by atoms with Crippen LogP contribution in [0.4, 0.5) is 21.6 Å². The fourth-order valence-corrected chi connectivity index (χ4v) is 5.94. The quantitative estimate of drug-likeness (QED) is 0.0913. The van der Waals surface area contributed by atoms with Gasteiger partial charge >= 0.3 is 10.2 Å². The molecule has 0 unspecified atom stereocenters. The Morgan fingerprint density at radius 3 is 2.42 bits per heavy atom. The minimum absolute atomic E-state index is 0.00223. The molecule has 0 spiro atoms. The number of nitrogens with one attached hydrogen (secondary N) is 4. The van der Waals surface area contributed by atoms with Crippen LogP contribution in [0.5, 0.6) is 11.5 Å². The molecule has 0 bridgehead atoms. The van der Waals surface area contributed by atoms with E-state index in [9.17, 15) is 22.4 Å². The third-order valence-electron chi connectivity index (χ3n) is 5.17. The van der Waals surface area contributed by atoms with Gasteiger partial charge in [-0.3, -0.25) is 18.9 Å². The first-order valence-electron chi connectivity index (χ1n) is 11.5. The van der Waals surface area contributed by atoms with E-state index in [1.54, 1.807) is 19.9 Å². The summed E-state index contributed by atoms with van der Waals surface area (Å²) in [4.78, 5) is 26.7. The fourth-order valence-electron chi connectivity index (χ4n) is 3.55. The molecule has 3 aromatic rings. The molecule has 40 heavy (non-hydrogen) atoms. The summed E-state index contributed by atoms with van der Waals surface area (Å²) in [6.07, 6.45) is 0. The number of nitrogens with zero attached hydrogens (tertiary/aromatic N) is 1. The molecule has 216 valence electrons. The van der Waals surface area contributed by atoms with Gasteiger partial charge in [0.15, 0.2) is 9.28 Å². The second-order valence-electron chi connectivity index (χ2n) is 8.89. The number of carbonyl (C=O) groups is 1. The molecule has 0 aliphatic rings. The monoisotopic (exact) mass is 739 g/mol. The van der Waals surface area contributed by atoms with Crippen molar-refractivity contribution in [3.05, 3.63) is 73.3 Å². The van der Waals surface area contributed by atoms with Crippen LogP contribution < -0.4 is 30.4 Å². The third-order valence-corrected chi connectivity index (χ3v) is 7.71. The van der Waals surface area contributed by atoms with Crippen molar-refractivity contribution in [1.82, 2.24) is 14.6 Å². The van der Waals surface area contributed by atoms with Crippen molar-refractivity contribution >= 4 is 93.8 Å². The fraction of sp³-hybridized carbons (Fsp3) is 0.250. The zero-order valence-electron chi connectivity index (χ0n) is 21.6. The number of anilines is 3. The van der Waals surface area contributed by atoms with Gasteiger partial charge in [0.25, 0.3) is 11.5 Å². The molecule has 1 amide bonds. The molecule has 1 heterocycles. The second-order valence-corrected chi connectivity index (χ2v) is 14.6. The first-order valence-corrected chi connectivity index (χ1v) is 15.4. The summed E-state index contributed by atoms with van der Waals surface area (Å²) < 4.78 is 50.2. The van der Waals surface area contributed by atoms with Crippen molar-refractivity contribution in [3.8, 4) is 11.5 Å². The lowest BCUT2D eigenvalue weighted by atomic mass is 10.1. The van der Waals surface area contributed by atoms with Crippen LogP contribution in [0.2, 0.25) is 0 Å². The van der Waals surface area contributed by atoms with Crippen molar-refractivity contribution in [2.24, 2.45) is 7.05 Å². The van der Waals surface area contributed by atoms with E-state index in [-0.39, 0.29) is 45.9 Å². The van der Waals surface area contributed by atoms with Crippen LogP contribution in [0.25, 0.3) is 0 Å². The summed E-state index contributed by atoms with van der Waals surface area (Å²) in [5.74, 6) is -1.15. The van der Waals surface area contributed by atoms with Crippen LogP contribution >= 0.6 is 60.5 Å². The Morgan fingerprint density at radius 2 is 1.82 bits per heavy atom. The van der Waals surface area contributed by atoms with Crippen LogP contribution in [0, 0.1) is 16.3 Å². The van der Waals surface area contributed by atoms with Crippen molar-refractivity contribution < 1.29 is 22.3 Å². The second kappa shape index (κ2) is 12.8. The Morgan fingerprint density at radius 1 is 1.15 bits per heavy atom. The van der Waals surface area contributed by atoms with Crippen LogP contribution in [0.3, 0.4) is 0 Å². The maximum atomic E-state index is 14.8. The first kappa shape index (κ1) is 32.4. The highest BCUT2D eigenvalue weighted by Gasteiger charge is 2.27. The van der Waals surface area contributed by atoms with Crippen molar-refractivity contribution in [2.45, 2.75) is 30.3 Å². The highest BCUT2D eigenvalue weighted by atomic mass is 127. The molecule has 4 N–H and O–H groups in total. The summed E-state index contributed by atoms with van der Waals surface area (Å²) in [7, 11) is -2.68. The van der Waals surface area contributed by atoms with Gasteiger partial charge in [0.1, 0.15) is 22.9 Å². The SMILES string of the molecule is Cc1c(Oc2cccc(NS(=O)(=O)NC(S)(S)S)c2)c(C(=O)NC(C)C)c(Nc2ccc(I)cc2F)n(C)c1=O. The zero-order valence-corrected chi connectivity index (χ0v) is 27.3. The topological polar surface area (TPSA) is 131 Å². The average Bonchev–Trinajstić information content (AvgIpc) is 2.80. The van der Waals surface area contributed by atoms with Gasteiger partial charge in [-0.25, -0.2) is 4.39 Å². The summed E-state index contributed by atoms with van der Waals surface area (Å²) >= 11 is 13.7. The summed E-state index contributed by atoms with van der Waals surface area (Å²) in [6, 6.07) is 10.0. The maximum absolute atomic E-state index is 14.8. The molecule has 0 atom stereocenters. The molecule has 1 aromatic heterocycles. The molecule has 10 nitrogen and oxygen atoms in total. The maximum Gasteiger partial charge on any atom is 0.301 e. The Balaban J connectivity index is 2.14. The van der Waals surface area contributed by atoms with Crippen LogP contribution in [-0.2, 0) is 17.3 Å². The molecule has 16 heteroatoms. The van der Waals surface area contributed by atoms with E-state index in [2.05, 4.69) is 58.0 Å². The highest BCUT2D eigenvalue weighted by molar-refractivity contribution is 14.1. The Hall–Kier alpha value is -2.12. The number of rotatable bonds is 10. The minimum atomic E-state index is -4.13. The smallest absolute Gasteiger partial charge is 0.301 e. The number of halogens is 2. The summed E-state index contributed by atoms with van der Waals surface area (Å²) in [6.45, 7) is 5.01. The summed E-state index contributed by atoms with van der Waals surface area (Å²) in [5, 5.41) is 5.65. The number of thiol groups is 3. The largest absolute Gasteiger partial charge is 0.456 e. The van der Waals surface area contributed by atoms with Crippen LogP contribution in [-0.4, -0.2) is 28.5 Å². The number of hydrogen-bond donors (Lipinski definition) is 7. The van der Waals surface area contributed by atoms with E-state index in [0.29, 0.717) is 3.57 Å². The van der Waals surface area contributed by atoms with Crippen LogP contribution in [0.1, 0.15) is 29.8 Å². The first-order chi connectivity index (χ1) is 18.5. The summed E-state index contributed by atoms with van der Waals surface area (Å²) in [5.41, 5.74) is -0.315. The number of pyridine rings is 1. The lowest BCUT2D eigenvalue weighted by Gasteiger charge is -2.22. The Labute approximate surface area is 261 Å². The Bertz CT molecular complexity index is 1610. The molecule has 0 aliphatic heterocycles. The van der Waals surface area contributed by atoms with Gasteiger partial charge in [0.2, 0.25) is 0 Å². The normalized spacial score (nSPS) is 11.8. The van der Waals surface area contributed by atoms with Gasteiger partial charge in [-0.05, 0) is 73.7 Å². The van der Waals surface area contributed by atoms with Gasteiger partial charge in [0, 0.05) is 22.7 Å². The lowest BCUT2D eigenvalue weighted by molar-refractivity contribution is 0.0941. The molecular formula is C24H27FIN5O5S4. The van der Waals surface area contributed by atoms with E-state index >= 15 is 0 Å². The van der Waals surface area contributed by atoms with E-state index < -0.39 is 31.0 Å². The molecule has 2 aromatic carbocycles. The van der Waals surface area contributed by atoms with E-state index in [4.69, 9.17) is 4.74 Å². The van der Waals surface area contributed by atoms with Gasteiger partial charge < -0.3 is 15.4 Å². The number of hydrogen-bond acceptors (Lipinski definition) is 9. The molecule has 0 saturated carbocycles. The number of amides is 1. The van der Waals surface area contributed by atoms with Gasteiger partial charge in [-0.1, -0.05) is 6.07 Å². The van der Waals surface area contributed by atoms with Crippen molar-refractivity contribution in [1.29, 1.82) is 0 Å². The Kier molecular flexibility index (Phi) is 10.4. The molecule has 0 saturated heterocycles. The van der Waals surface area contributed by atoms with Crippen molar-refractivity contribution in [2.75, 3.05) is 10.0 Å². The number of benzene rings is 2. The lowest BCUT2D eigenvalue weighted by Crippen LogP contribution is -2.38. The standard InChI is InChI=1S/C24H27FIN5O5S4/c1-12(2)27-22(32)19-20(36-16-7-5-6-15(11-16)29-40(34,35)30-24(37,38)39)13(3)23(33)31(4)21(19)28-18-9-8-14(26)10-17(18)25/h5-12,28-30,37-39H,1-4H3,(H,27,32). The predicted molar refractivity (Wildman–Crippen MR) is 173 cm³/mol. The number of ether oxygens (including phenoxy) is 1. The predicted octanol–water partition coefficient (Wildman–Crippen LogP) is 4.76. The van der Waals surface area contributed by atoms with E-state index in [1.165, 1.54) is 54.9 Å². The number of carbonyl (C=O) groups excluding carboxylic acids is 1. The minimum Gasteiger partial charge on any atom is -0.456 e. The van der Waals surface area contributed by atoms with Crippen LogP contribution in [0.15, 0.2) is 47.3 Å². The van der Waals surface area contributed by atoms with Gasteiger partial charge in [0.05, 0.1) is 16.9 Å². The van der Waals surface area contributed by atoms with Crippen molar-refractivity contribution in [3.63, 3.8) is 0 Å². The molecule has 3 rings (SSSR count). The molecule has 0 radical (unpaired) electrons. The van der Waals surface area contributed by atoms with Gasteiger partial charge in [-0.2, -0.15) is 13.1 Å². The molecule has 0 aliphatic carbocycles. The highest BCUT2D eigenvalue weighted by Crippen LogP contribution is 2.35. The average molecular weight is 740 g/mol. The number of aromatic nitrogens is 1. The third kappa shape index (κ3) is 8.45. The van der Waals surface area contributed by atoms with Gasteiger partial charge in [-0.15, -0.1) is 37.9 Å². The van der Waals surface area contributed by atoms with E-state index in [0.717, 1.165) is 0 Å².